The first kappa shape index (κ1) is 13.1. The zero-order chi connectivity index (χ0) is 10.8. The second-order valence-corrected chi connectivity index (χ2v) is 3.27. The minimum absolute atomic E-state index is 0.260. The second kappa shape index (κ2) is 8.73. The Morgan fingerprint density at radius 3 is 2.64 bits per heavy atom. The highest BCUT2D eigenvalue weighted by Crippen LogP contribution is 2.10. The summed E-state index contributed by atoms with van der Waals surface area (Å²) in [4.78, 5) is 10.8. The highest BCUT2D eigenvalue weighted by atomic mass is 19.1. The smallest absolute Gasteiger partial charge is 0.345 e. The highest BCUT2D eigenvalue weighted by Gasteiger charge is 2.16. The molecule has 0 spiro atoms. The average Bonchev–Trinajstić information content (AvgIpc) is 2.17. The SMILES string of the molecule is C=COC(=O)C(F)CCCCCCC. The van der Waals surface area contributed by atoms with Crippen molar-refractivity contribution in [3.63, 3.8) is 0 Å². The van der Waals surface area contributed by atoms with E-state index in [-0.39, 0.29) is 6.42 Å². The number of hydrogen-bond acceptors (Lipinski definition) is 2. The van der Waals surface area contributed by atoms with Crippen LogP contribution in [0.25, 0.3) is 0 Å². The minimum Gasteiger partial charge on any atom is -0.433 e. The van der Waals surface area contributed by atoms with Gasteiger partial charge in [-0.05, 0) is 12.8 Å². The normalized spacial score (nSPS) is 12.1. The van der Waals surface area contributed by atoms with Crippen LogP contribution in [-0.2, 0) is 9.53 Å². The van der Waals surface area contributed by atoms with Gasteiger partial charge in [-0.25, -0.2) is 9.18 Å². The number of hydrogen-bond donors (Lipinski definition) is 0. The number of alkyl halides is 1. The molecule has 0 aromatic heterocycles. The molecule has 0 amide bonds. The number of carbonyl (C=O) groups excluding carboxylic acids is 1. The number of esters is 1. The Morgan fingerprint density at radius 1 is 1.43 bits per heavy atom. The molecule has 1 atom stereocenters. The van der Waals surface area contributed by atoms with Gasteiger partial charge in [-0.1, -0.05) is 39.2 Å². The van der Waals surface area contributed by atoms with Crippen molar-refractivity contribution in [3.05, 3.63) is 12.8 Å². The molecule has 0 bridgehead atoms. The number of unbranched alkanes of at least 4 members (excludes halogenated alkanes) is 4. The zero-order valence-electron chi connectivity index (χ0n) is 8.80. The van der Waals surface area contributed by atoms with Crippen LogP contribution < -0.4 is 0 Å². The molecule has 0 aliphatic carbocycles. The van der Waals surface area contributed by atoms with Gasteiger partial charge in [0.25, 0.3) is 0 Å². The Morgan fingerprint density at radius 2 is 2.07 bits per heavy atom. The number of rotatable bonds is 8. The summed E-state index contributed by atoms with van der Waals surface area (Å²) >= 11 is 0. The molecule has 3 heteroatoms. The minimum atomic E-state index is -1.49. The van der Waals surface area contributed by atoms with Crippen molar-refractivity contribution >= 4 is 5.97 Å². The lowest BCUT2D eigenvalue weighted by Gasteiger charge is -2.05. The van der Waals surface area contributed by atoms with E-state index in [0.29, 0.717) is 0 Å². The molecule has 82 valence electrons. The van der Waals surface area contributed by atoms with Crippen molar-refractivity contribution in [2.75, 3.05) is 0 Å². The fourth-order valence-corrected chi connectivity index (χ4v) is 1.20. The summed E-state index contributed by atoms with van der Waals surface area (Å²) in [6, 6.07) is 0. The van der Waals surface area contributed by atoms with Crippen LogP contribution in [0.2, 0.25) is 0 Å². The van der Waals surface area contributed by atoms with Gasteiger partial charge >= 0.3 is 5.97 Å². The molecule has 1 unspecified atom stereocenters. The van der Waals surface area contributed by atoms with Crippen molar-refractivity contribution in [1.29, 1.82) is 0 Å². The Hall–Kier alpha value is -0.860. The van der Waals surface area contributed by atoms with E-state index < -0.39 is 12.1 Å². The van der Waals surface area contributed by atoms with Gasteiger partial charge in [0.2, 0.25) is 0 Å². The molecular formula is C11H19FO2. The van der Waals surface area contributed by atoms with E-state index in [4.69, 9.17) is 0 Å². The van der Waals surface area contributed by atoms with Gasteiger partial charge < -0.3 is 4.74 Å². The average molecular weight is 202 g/mol. The summed E-state index contributed by atoms with van der Waals surface area (Å²) in [7, 11) is 0. The van der Waals surface area contributed by atoms with Crippen LogP contribution >= 0.6 is 0 Å². The second-order valence-electron chi connectivity index (χ2n) is 3.27. The molecule has 0 aromatic rings. The molecule has 0 fully saturated rings. The predicted molar refractivity (Wildman–Crippen MR) is 54.6 cm³/mol. The monoisotopic (exact) mass is 202 g/mol. The first-order valence-electron chi connectivity index (χ1n) is 5.17. The van der Waals surface area contributed by atoms with Gasteiger partial charge in [-0.2, -0.15) is 0 Å². The third-order valence-electron chi connectivity index (χ3n) is 2.02. The maximum Gasteiger partial charge on any atom is 0.345 e. The largest absolute Gasteiger partial charge is 0.433 e. The fourth-order valence-electron chi connectivity index (χ4n) is 1.20. The lowest BCUT2D eigenvalue weighted by Crippen LogP contribution is -2.16. The molecule has 0 aromatic carbocycles. The van der Waals surface area contributed by atoms with Gasteiger partial charge in [0.05, 0.1) is 6.26 Å². The van der Waals surface area contributed by atoms with Gasteiger partial charge in [0.1, 0.15) is 0 Å². The van der Waals surface area contributed by atoms with Crippen molar-refractivity contribution in [2.24, 2.45) is 0 Å². The quantitative estimate of drug-likeness (QED) is 0.342. The van der Waals surface area contributed by atoms with Crippen molar-refractivity contribution < 1.29 is 13.9 Å². The molecule has 2 nitrogen and oxygen atoms in total. The Kier molecular flexibility index (Phi) is 8.19. The summed E-state index contributed by atoms with van der Waals surface area (Å²) in [5.41, 5.74) is 0. The van der Waals surface area contributed by atoms with E-state index >= 15 is 0 Å². The van der Waals surface area contributed by atoms with Crippen LogP contribution in [0, 0.1) is 0 Å². The lowest BCUT2D eigenvalue weighted by atomic mass is 10.1. The van der Waals surface area contributed by atoms with Gasteiger partial charge in [-0.3, -0.25) is 0 Å². The van der Waals surface area contributed by atoms with Crippen LogP contribution in [0.5, 0.6) is 0 Å². The van der Waals surface area contributed by atoms with Crippen LogP contribution in [-0.4, -0.2) is 12.1 Å². The molecule has 0 heterocycles. The molecule has 0 radical (unpaired) electrons. The van der Waals surface area contributed by atoms with Crippen molar-refractivity contribution in [3.8, 4) is 0 Å². The standard InChI is InChI=1S/C11H19FO2/c1-3-5-6-7-8-9-10(12)11(13)14-4-2/h4,10H,2-3,5-9H2,1H3. The summed E-state index contributed by atoms with van der Waals surface area (Å²) < 4.78 is 17.3. The van der Waals surface area contributed by atoms with Crippen LogP contribution in [0.15, 0.2) is 12.8 Å². The molecule has 0 aliphatic heterocycles. The summed E-state index contributed by atoms with van der Waals surface area (Å²) in [6.45, 7) is 5.32. The van der Waals surface area contributed by atoms with E-state index in [0.717, 1.165) is 31.9 Å². The van der Waals surface area contributed by atoms with E-state index in [1.165, 1.54) is 6.42 Å². The molecular weight excluding hydrogens is 183 g/mol. The third kappa shape index (κ3) is 6.63. The Balaban J connectivity index is 3.38. The molecule has 0 rings (SSSR count). The van der Waals surface area contributed by atoms with Crippen LogP contribution in [0.1, 0.15) is 45.4 Å². The van der Waals surface area contributed by atoms with E-state index in [9.17, 15) is 9.18 Å². The van der Waals surface area contributed by atoms with E-state index in [2.05, 4.69) is 18.2 Å². The van der Waals surface area contributed by atoms with Gasteiger partial charge in [0.15, 0.2) is 6.17 Å². The Bertz CT molecular complexity index is 169. The Labute approximate surface area is 85.1 Å². The van der Waals surface area contributed by atoms with Crippen molar-refractivity contribution in [2.45, 2.75) is 51.6 Å². The first-order valence-corrected chi connectivity index (χ1v) is 5.17. The topological polar surface area (TPSA) is 26.3 Å². The van der Waals surface area contributed by atoms with Gasteiger partial charge in [0, 0.05) is 0 Å². The lowest BCUT2D eigenvalue weighted by molar-refractivity contribution is -0.144. The molecule has 14 heavy (non-hydrogen) atoms. The first-order chi connectivity index (χ1) is 6.72. The molecule has 0 aliphatic rings. The number of ether oxygens (including phenoxy) is 1. The predicted octanol–water partition coefficient (Wildman–Crippen LogP) is 3.37. The molecule has 0 N–H and O–H groups in total. The summed E-state index contributed by atoms with van der Waals surface area (Å²) in [6.07, 6.45) is 4.91. The molecule has 0 saturated heterocycles. The fraction of sp³-hybridized carbons (Fsp3) is 0.727. The van der Waals surface area contributed by atoms with Gasteiger partial charge in [-0.15, -0.1) is 0 Å². The maximum absolute atomic E-state index is 13.0. The zero-order valence-corrected chi connectivity index (χ0v) is 8.80. The number of carbonyl (C=O) groups is 1. The van der Waals surface area contributed by atoms with Crippen LogP contribution in [0.3, 0.4) is 0 Å². The summed E-state index contributed by atoms with van der Waals surface area (Å²) in [5.74, 6) is -0.824. The van der Waals surface area contributed by atoms with Crippen LogP contribution in [0.4, 0.5) is 4.39 Å². The summed E-state index contributed by atoms with van der Waals surface area (Å²) in [5, 5.41) is 0. The van der Waals surface area contributed by atoms with Crippen molar-refractivity contribution in [1.82, 2.24) is 0 Å². The maximum atomic E-state index is 13.0. The number of halogens is 1. The molecule has 0 saturated carbocycles. The third-order valence-corrected chi connectivity index (χ3v) is 2.02. The van der Waals surface area contributed by atoms with E-state index in [1.54, 1.807) is 0 Å². The highest BCUT2D eigenvalue weighted by molar-refractivity contribution is 5.74. The van der Waals surface area contributed by atoms with E-state index in [1.807, 2.05) is 0 Å².